The van der Waals surface area contributed by atoms with E-state index in [1.54, 1.807) is 21.3 Å². The third-order valence-electron chi connectivity index (χ3n) is 2.77. The largest absolute Gasteiger partial charge is 0.493 e. The maximum atomic E-state index is 5.32. The maximum Gasteiger partial charge on any atom is 0.203 e. The Morgan fingerprint density at radius 1 is 1.05 bits per heavy atom. The first-order valence-electron chi connectivity index (χ1n) is 5.69. The number of imidazole rings is 1. The number of aryl methyl sites for hydroxylation is 1. The molecule has 0 amide bonds. The number of benzene rings is 1. The van der Waals surface area contributed by atoms with E-state index in [1.807, 2.05) is 29.8 Å². The van der Waals surface area contributed by atoms with E-state index in [4.69, 9.17) is 26.4 Å². The van der Waals surface area contributed by atoms with Gasteiger partial charge in [0.2, 0.25) is 5.75 Å². The summed E-state index contributed by atoms with van der Waals surface area (Å²) in [5.41, 5.74) is 1.84. The lowest BCUT2D eigenvalue weighted by atomic mass is 10.2. The van der Waals surface area contributed by atoms with Crippen molar-refractivity contribution >= 4 is 12.2 Å². The van der Waals surface area contributed by atoms with E-state index in [9.17, 15) is 0 Å². The van der Waals surface area contributed by atoms with Crippen molar-refractivity contribution in [2.45, 2.75) is 6.92 Å². The van der Waals surface area contributed by atoms with Gasteiger partial charge < -0.3 is 19.2 Å². The Balaban J connectivity index is 2.65. The van der Waals surface area contributed by atoms with Crippen molar-refractivity contribution in [3.8, 4) is 22.9 Å². The van der Waals surface area contributed by atoms with Gasteiger partial charge in [0.15, 0.2) is 16.3 Å². The first-order chi connectivity index (χ1) is 9.10. The van der Waals surface area contributed by atoms with Gasteiger partial charge in [-0.2, -0.15) is 0 Å². The van der Waals surface area contributed by atoms with Crippen LogP contribution in [0.3, 0.4) is 0 Å². The molecule has 1 heterocycles. The third-order valence-corrected chi connectivity index (χ3v) is 3.07. The van der Waals surface area contributed by atoms with Crippen molar-refractivity contribution in [1.29, 1.82) is 0 Å². The van der Waals surface area contributed by atoms with Gasteiger partial charge in [-0.1, -0.05) is 0 Å². The number of hydrogen-bond donors (Lipinski definition) is 1. The number of aromatic nitrogens is 2. The van der Waals surface area contributed by atoms with Crippen molar-refractivity contribution in [3.63, 3.8) is 0 Å². The van der Waals surface area contributed by atoms with E-state index in [-0.39, 0.29) is 0 Å². The molecule has 19 heavy (non-hydrogen) atoms. The Hall–Kier alpha value is -1.95. The van der Waals surface area contributed by atoms with Crippen molar-refractivity contribution < 1.29 is 14.2 Å². The summed E-state index contributed by atoms with van der Waals surface area (Å²) in [7, 11) is 4.75. The highest BCUT2D eigenvalue weighted by atomic mass is 32.1. The summed E-state index contributed by atoms with van der Waals surface area (Å²) in [4.78, 5) is 3.07. The number of methoxy groups -OCH3 is 3. The topological polar surface area (TPSA) is 48.4 Å². The highest BCUT2D eigenvalue weighted by Gasteiger charge is 2.14. The molecule has 0 aliphatic heterocycles. The predicted octanol–water partition coefficient (Wildman–Crippen LogP) is 2.87. The minimum absolute atomic E-state index is 0.563. The summed E-state index contributed by atoms with van der Waals surface area (Å²) >= 11 is 5.27. The standard InChI is InChI=1S/C13H16N2O3S/c1-8-7-15(13(19)14-8)9-5-10(16-2)12(18-4)11(6-9)17-3/h5-7H,1-4H3,(H,14,19). The minimum Gasteiger partial charge on any atom is -0.493 e. The zero-order chi connectivity index (χ0) is 14.0. The number of nitrogens with one attached hydrogen (secondary N) is 1. The monoisotopic (exact) mass is 280 g/mol. The second kappa shape index (κ2) is 5.36. The van der Waals surface area contributed by atoms with Crippen LogP contribution in [0.2, 0.25) is 0 Å². The quantitative estimate of drug-likeness (QED) is 0.875. The van der Waals surface area contributed by atoms with Crippen LogP contribution in [0, 0.1) is 11.7 Å². The molecule has 0 radical (unpaired) electrons. The Bertz CT molecular complexity index is 621. The molecule has 2 aromatic rings. The molecule has 0 aliphatic carbocycles. The van der Waals surface area contributed by atoms with Crippen LogP contribution in [0.15, 0.2) is 18.3 Å². The molecular formula is C13H16N2O3S. The Morgan fingerprint density at radius 3 is 2.00 bits per heavy atom. The number of aromatic amines is 1. The molecule has 0 fully saturated rings. The number of ether oxygens (including phenoxy) is 3. The molecule has 5 nitrogen and oxygen atoms in total. The van der Waals surface area contributed by atoms with Gasteiger partial charge in [0.1, 0.15) is 0 Å². The lowest BCUT2D eigenvalue weighted by Crippen LogP contribution is -1.99. The lowest BCUT2D eigenvalue weighted by Gasteiger charge is -2.14. The van der Waals surface area contributed by atoms with Gasteiger partial charge in [-0.05, 0) is 19.1 Å². The summed E-state index contributed by atoms with van der Waals surface area (Å²) in [5, 5.41) is 0. The Kier molecular flexibility index (Phi) is 3.80. The summed E-state index contributed by atoms with van der Waals surface area (Å²) in [6.07, 6.45) is 1.92. The third kappa shape index (κ3) is 2.44. The van der Waals surface area contributed by atoms with Crippen molar-refractivity contribution in [2.24, 2.45) is 0 Å². The molecule has 0 unspecified atom stereocenters. The Labute approximate surface area is 116 Å². The van der Waals surface area contributed by atoms with Crippen LogP contribution in [0.1, 0.15) is 5.69 Å². The number of rotatable bonds is 4. The average molecular weight is 280 g/mol. The van der Waals surface area contributed by atoms with Crippen LogP contribution < -0.4 is 14.2 Å². The van der Waals surface area contributed by atoms with E-state index >= 15 is 0 Å². The summed E-state index contributed by atoms with van der Waals surface area (Å²) in [6.45, 7) is 1.95. The molecule has 0 saturated carbocycles. The van der Waals surface area contributed by atoms with Gasteiger partial charge in [0, 0.05) is 24.0 Å². The van der Waals surface area contributed by atoms with E-state index in [0.29, 0.717) is 22.0 Å². The number of H-pyrrole nitrogens is 1. The van der Waals surface area contributed by atoms with E-state index in [0.717, 1.165) is 11.4 Å². The molecule has 0 saturated heterocycles. The normalized spacial score (nSPS) is 10.3. The summed E-state index contributed by atoms with van der Waals surface area (Å²) in [5.74, 6) is 1.75. The van der Waals surface area contributed by atoms with Crippen LogP contribution in [0.5, 0.6) is 17.2 Å². The molecule has 0 bridgehead atoms. The second-order valence-electron chi connectivity index (χ2n) is 4.00. The molecule has 6 heteroatoms. The first kappa shape index (κ1) is 13.5. The predicted molar refractivity (Wildman–Crippen MR) is 75.3 cm³/mol. The number of nitrogens with zero attached hydrogens (tertiary/aromatic N) is 1. The first-order valence-corrected chi connectivity index (χ1v) is 6.10. The summed E-state index contributed by atoms with van der Waals surface area (Å²) in [6, 6.07) is 3.70. The molecular weight excluding hydrogens is 264 g/mol. The van der Waals surface area contributed by atoms with Crippen LogP contribution in [-0.4, -0.2) is 30.9 Å². The fourth-order valence-corrected chi connectivity index (χ4v) is 2.23. The van der Waals surface area contributed by atoms with Gasteiger partial charge >= 0.3 is 0 Å². The van der Waals surface area contributed by atoms with Gasteiger partial charge in [0.25, 0.3) is 0 Å². The van der Waals surface area contributed by atoms with Gasteiger partial charge in [-0.15, -0.1) is 0 Å². The van der Waals surface area contributed by atoms with E-state index < -0.39 is 0 Å². The molecule has 2 rings (SSSR count). The zero-order valence-corrected chi connectivity index (χ0v) is 12.1. The zero-order valence-electron chi connectivity index (χ0n) is 11.3. The van der Waals surface area contributed by atoms with Gasteiger partial charge in [0.05, 0.1) is 27.0 Å². The lowest BCUT2D eigenvalue weighted by molar-refractivity contribution is 0.324. The number of hydrogen-bond acceptors (Lipinski definition) is 4. The van der Waals surface area contributed by atoms with Crippen LogP contribution in [0.25, 0.3) is 5.69 Å². The molecule has 102 valence electrons. The smallest absolute Gasteiger partial charge is 0.203 e. The van der Waals surface area contributed by atoms with Gasteiger partial charge in [-0.25, -0.2) is 0 Å². The molecule has 1 N–H and O–H groups in total. The van der Waals surface area contributed by atoms with Crippen molar-refractivity contribution in [1.82, 2.24) is 9.55 Å². The molecule has 1 aromatic carbocycles. The molecule has 0 atom stereocenters. The minimum atomic E-state index is 0.563. The fraction of sp³-hybridized carbons (Fsp3) is 0.308. The maximum absolute atomic E-state index is 5.32. The average Bonchev–Trinajstić information content (AvgIpc) is 2.75. The van der Waals surface area contributed by atoms with E-state index in [1.165, 1.54) is 0 Å². The molecule has 0 aliphatic rings. The van der Waals surface area contributed by atoms with Gasteiger partial charge in [-0.3, -0.25) is 4.57 Å². The van der Waals surface area contributed by atoms with Crippen LogP contribution >= 0.6 is 12.2 Å². The van der Waals surface area contributed by atoms with Crippen LogP contribution in [-0.2, 0) is 0 Å². The molecule has 1 aromatic heterocycles. The second-order valence-corrected chi connectivity index (χ2v) is 4.38. The Morgan fingerprint density at radius 2 is 1.63 bits per heavy atom. The van der Waals surface area contributed by atoms with Crippen LogP contribution in [0.4, 0.5) is 0 Å². The highest BCUT2D eigenvalue weighted by molar-refractivity contribution is 7.71. The molecule has 0 spiro atoms. The van der Waals surface area contributed by atoms with Crippen molar-refractivity contribution in [2.75, 3.05) is 21.3 Å². The highest BCUT2D eigenvalue weighted by Crippen LogP contribution is 2.39. The van der Waals surface area contributed by atoms with Crippen molar-refractivity contribution in [3.05, 3.63) is 28.8 Å². The fourth-order valence-electron chi connectivity index (χ4n) is 1.91. The van der Waals surface area contributed by atoms with E-state index in [2.05, 4.69) is 4.98 Å². The summed E-state index contributed by atoms with van der Waals surface area (Å²) < 4.78 is 18.4. The SMILES string of the molecule is COc1cc(-n2cc(C)[nH]c2=S)cc(OC)c1OC.